The Labute approximate surface area is 160 Å². The third-order valence-corrected chi connectivity index (χ3v) is 3.79. The number of anilines is 2. The highest BCUT2D eigenvalue weighted by molar-refractivity contribution is 5.91. The van der Waals surface area contributed by atoms with E-state index in [-0.39, 0.29) is 17.1 Å². The molecule has 0 spiro atoms. The third-order valence-electron chi connectivity index (χ3n) is 3.79. The molecular weight excluding hydrogens is 374 g/mol. The molecule has 0 radical (unpaired) electrons. The maximum absolute atomic E-state index is 12.5. The Hall–Kier alpha value is -3.43. The van der Waals surface area contributed by atoms with Gasteiger partial charge in [0, 0.05) is 38.0 Å². The van der Waals surface area contributed by atoms with Gasteiger partial charge in [0.2, 0.25) is 0 Å². The van der Waals surface area contributed by atoms with Crippen LogP contribution < -0.4 is 20.3 Å². The molecule has 2 aromatic carbocycles. The van der Waals surface area contributed by atoms with Crippen LogP contribution in [0.5, 0.6) is 5.75 Å². The monoisotopic (exact) mass is 394 g/mol. The molecule has 0 unspecified atom stereocenters. The summed E-state index contributed by atoms with van der Waals surface area (Å²) in [6.45, 7) is -2.12. The number of nitrogens with one attached hydrogen (secondary N) is 2. The molecular formula is C18H20F2N4O4. The van der Waals surface area contributed by atoms with Gasteiger partial charge >= 0.3 is 12.6 Å². The summed E-state index contributed by atoms with van der Waals surface area (Å²) in [4.78, 5) is 24.2. The Balaban J connectivity index is 1.87. The summed E-state index contributed by atoms with van der Waals surface area (Å²) >= 11 is 0. The summed E-state index contributed by atoms with van der Waals surface area (Å²) in [6.07, 6.45) is 0.633. The van der Waals surface area contributed by atoms with E-state index in [4.69, 9.17) is 0 Å². The first-order valence-electron chi connectivity index (χ1n) is 8.41. The average molecular weight is 394 g/mol. The molecule has 0 fully saturated rings. The lowest BCUT2D eigenvalue weighted by molar-refractivity contribution is -0.384. The minimum Gasteiger partial charge on any atom is -0.433 e. The molecule has 10 heteroatoms. The second-order valence-corrected chi connectivity index (χ2v) is 5.81. The molecule has 150 valence electrons. The van der Waals surface area contributed by atoms with Crippen molar-refractivity contribution in [3.8, 4) is 5.75 Å². The lowest BCUT2D eigenvalue weighted by atomic mass is 10.2. The van der Waals surface area contributed by atoms with Crippen molar-refractivity contribution in [2.45, 2.75) is 13.0 Å². The smallest absolute Gasteiger partial charge is 0.387 e. The van der Waals surface area contributed by atoms with Crippen molar-refractivity contribution >= 4 is 23.1 Å². The molecule has 2 rings (SSSR count). The Morgan fingerprint density at radius 3 is 2.61 bits per heavy atom. The van der Waals surface area contributed by atoms with Gasteiger partial charge in [-0.1, -0.05) is 18.2 Å². The summed E-state index contributed by atoms with van der Waals surface area (Å²) in [5.74, 6) is -0.362. The Kier molecular flexibility index (Phi) is 7.49. The molecule has 28 heavy (non-hydrogen) atoms. The van der Waals surface area contributed by atoms with Crippen LogP contribution in [0.2, 0.25) is 0 Å². The number of nitrogens with zero attached hydrogens (tertiary/aromatic N) is 2. The van der Waals surface area contributed by atoms with Crippen molar-refractivity contribution in [2.24, 2.45) is 0 Å². The number of para-hydroxylation sites is 1. The fourth-order valence-corrected chi connectivity index (χ4v) is 2.42. The van der Waals surface area contributed by atoms with E-state index in [1.807, 2.05) is 42.3 Å². The molecule has 2 aromatic rings. The summed E-state index contributed by atoms with van der Waals surface area (Å²) < 4.78 is 29.2. The van der Waals surface area contributed by atoms with Crippen molar-refractivity contribution in [1.82, 2.24) is 5.32 Å². The van der Waals surface area contributed by atoms with Gasteiger partial charge in [-0.15, -0.1) is 0 Å². The van der Waals surface area contributed by atoms with Gasteiger partial charge < -0.3 is 20.3 Å². The Morgan fingerprint density at radius 1 is 1.25 bits per heavy atom. The van der Waals surface area contributed by atoms with Crippen LogP contribution >= 0.6 is 0 Å². The largest absolute Gasteiger partial charge is 0.433 e. The summed E-state index contributed by atoms with van der Waals surface area (Å²) in [5.41, 5.74) is 0.465. The van der Waals surface area contributed by atoms with E-state index in [0.717, 1.165) is 23.9 Å². The van der Waals surface area contributed by atoms with Gasteiger partial charge in [-0.25, -0.2) is 4.79 Å². The molecule has 0 aliphatic heterocycles. The van der Waals surface area contributed by atoms with Gasteiger partial charge in [0.05, 0.1) is 10.6 Å². The topological polar surface area (TPSA) is 96.7 Å². The van der Waals surface area contributed by atoms with E-state index in [1.165, 1.54) is 0 Å². The number of benzene rings is 2. The number of amides is 2. The van der Waals surface area contributed by atoms with Crippen molar-refractivity contribution in [3.63, 3.8) is 0 Å². The number of non-ortho nitro benzene ring substituents is 1. The summed E-state index contributed by atoms with van der Waals surface area (Å²) in [5, 5.41) is 15.7. The minimum absolute atomic E-state index is 0.214. The zero-order valence-corrected chi connectivity index (χ0v) is 15.1. The SMILES string of the molecule is CN(CCCNC(=O)Nc1cc([N+](=O)[O-])ccc1OC(F)F)c1ccccc1. The molecule has 0 atom stereocenters. The number of alkyl halides is 2. The van der Waals surface area contributed by atoms with Crippen LogP contribution in [0.3, 0.4) is 0 Å². The maximum atomic E-state index is 12.5. The number of rotatable bonds is 9. The van der Waals surface area contributed by atoms with Crippen LogP contribution in [0.15, 0.2) is 48.5 Å². The average Bonchev–Trinajstić information content (AvgIpc) is 2.66. The second kappa shape index (κ2) is 10.0. The maximum Gasteiger partial charge on any atom is 0.387 e. The predicted octanol–water partition coefficient (Wildman–Crippen LogP) is 3.84. The standard InChI is InChI=1S/C18H20F2N4O4/c1-23(13-6-3-2-4-7-13)11-5-10-21-18(25)22-15-12-14(24(26)27)8-9-16(15)28-17(19)20/h2-4,6-9,12,17H,5,10-11H2,1H3,(H2,21,22,25). The number of carbonyl (C=O) groups is 1. The molecule has 0 aromatic heterocycles. The number of nitro groups is 1. The zero-order valence-electron chi connectivity index (χ0n) is 15.1. The van der Waals surface area contributed by atoms with Crippen molar-refractivity contribution in [3.05, 3.63) is 58.6 Å². The van der Waals surface area contributed by atoms with E-state index in [1.54, 1.807) is 0 Å². The van der Waals surface area contributed by atoms with Gasteiger partial charge in [-0.3, -0.25) is 10.1 Å². The highest BCUT2D eigenvalue weighted by Gasteiger charge is 2.16. The molecule has 0 bridgehead atoms. The molecule has 0 aliphatic carbocycles. The van der Waals surface area contributed by atoms with Gasteiger partial charge in [-0.2, -0.15) is 8.78 Å². The zero-order chi connectivity index (χ0) is 20.5. The van der Waals surface area contributed by atoms with Gasteiger partial charge in [-0.05, 0) is 24.6 Å². The number of ether oxygens (including phenoxy) is 1. The fraction of sp³-hybridized carbons (Fsp3) is 0.278. The lowest BCUT2D eigenvalue weighted by Crippen LogP contribution is -2.31. The number of urea groups is 1. The van der Waals surface area contributed by atoms with Gasteiger partial charge in [0.1, 0.15) is 5.75 Å². The van der Waals surface area contributed by atoms with Crippen LogP contribution in [0.25, 0.3) is 0 Å². The van der Waals surface area contributed by atoms with Crippen LogP contribution in [0.1, 0.15) is 6.42 Å². The quantitative estimate of drug-likeness (QED) is 0.383. The predicted molar refractivity (Wildman–Crippen MR) is 101 cm³/mol. The first-order valence-corrected chi connectivity index (χ1v) is 8.41. The van der Waals surface area contributed by atoms with E-state index in [2.05, 4.69) is 15.4 Å². The molecule has 0 aliphatic rings. The molecule has 0 saturated carbocycles. The van der Waals surface area contributed by atoms with Crippen molar-refractivity contribution in [1.29, 1.82) is 0 Å². The number of carbonyl (C=O) groups excluding carboxylic acids is 1. The Morgan fingerprint density at radius 2 is 1.96 bits per heavy atom. The number of nitro benzene ring substituents is 1. The second-order valence-electron chi connectivity index (χ2n) is 5.81. The molecule has 0 heterocycles. The van der Waals surface area contributed by atoms with Crippen LogP contribution in [-0.4, -0.2) is 37.7 Å². The van der Waals surface area contributed by atoms with E-state index >= 15 is 0 Å². The van der Waals surface area contributed by atoms with E-state index in [9.17, 15) is 23.7 Å². The Bertz CT molecular complexity index is 805. The number of halogens is 2. The lowest BCUT2D eigenvalue weighted by Gasteiger charge is -2.19. The number of hydrogen-bond donors (Lipinski definition) is 2. The van der Waals surface area contributed by atoms with Gasteiger partial charge in [0.25, 0.3) is 5.69 Å². The highest BCUT2D eigenvalue weighted by atomic mass is 19.3. The first kappa shape index (κ1) is 20.9. The summed E-state index contributed by atoms with van der Waals surface area (Å²) in [7, 11) is 1.92. The number of hydrogen-bond acceptors (Lipinski definition) is 5. The molecule has 0 saturated heterocycles. The first-order chi connectivity index (χ1) is 13.4. The van der Waals surface area contributed by atoms with Crippen molar-refractivity contribution in [2.75, 3.05) is 30.4 Å². The van der Waals surface area contributed by atoms with Crippen LogP contribution in [-0.2, 0) is 0 Å². The van der Waals surface area contributed by atoms with Gasteiger partial charge in [0.15, 0.2) is 0 Å². The van der Waals surface area contributed by atoms with E-state index in [0.29, 0.717) is 19.5 Å². The van der Waals surface area contributed by atoms with Crippen LogP contribution in [0, 0.1) is 10.1 Å². The molecule has 8 nitrogen and oxygen atoms in total. The summed E-state index contributed by atoms with van der Waals surface area (Å²) in [6, 6.07) is 12.0. The third kappa shape index (κ3) is 6.38. The highest BCUT2D eigenvalue weighted by Crippen LogP contribution is 2.30. The normalized spacial score (nSPS) is 10.4. The van der Waals surface area contributed by atoms with E-state index < -0.39 is 17.6 Å². The van der Waals surface area contributed by atoms with Crippen LogP contribution in [0.4, 0.5) is 30.6 Å². The fourth-order valence-electron chi connectivity index (χ4n) is 2.42. The van der Waals surface area contributed by atoms with Crippen molar-refractivity contribution < 1.29 is 23.2 Å². The molecule has 2 N–H and O–H groups in total. The minimum atomic E-state index is -3.13. The molecule has 2 amide bonds.